The van der Waals surface area contributed by atoms with Crippen LogP contribution in [0.15, 0.2) is 18.2 Å². The number of aliphatic hydroxyl groups is 1. The van der Waals surface area contributed by atoms with Crippen molar-refractivity contribution >= 4 is 0 Å². The lowest BCUT2D eigenvalue weighted by atomic mass is 10.1. The van der Waals surface area contributed by atoms with E-state index in [-0.39, 0.29) is 12.1 Å². The van der Waals surface area contributed by atoms with Crippen LogP contribution in [0.4, 0.5) is 0 Å². The molecule has 1 atom stereocenters. The second-order valence-electron chi connectivity index (χ2n) is 5.74. The second-order valence-corrected chi connectivity index (χ2v) is 5.74. The van der Waals surface area contributed by atoms with E-state index in [4.69, 9.17) is 9.47 Å². The highest BCUT2D eigenvalue weighted by atomic mass is 16.5. The Labute approximate surface area is 115 Å². The average molecular weight is 267 g/mol. The lowest BCUT2D eigenvalue weighted by Gasteiger charge is -2.22. The summed E-state index contributed by atoms with van der Waals surface area (Å²) in [6.07, 6.45) is -0.481. The molecule has 0 aliphatic heterocycles. The molecule has 4 nitrogen and oxygen atoms in total. The quantitative estimate of drug-likeness (QED) is 0.830. The summed E-state index contributed by atoms with van der Waals surface area (Å²) in [7, 11) is 1.65. The van der Waals surface area contributed by atoms with Gasteiger partial charge in [0.25, 0.3) is 0 Å². The first kappa shape index (κ1) is 15.8. The van der Waals surface area contributed by atoms with Crippen molar-refractivity contribution in [3.05, 3.63) is 23.8 Å². The minimum atomic E-state index is -0.481. The highest BCUT2D eigenvalue weighted by Gasteiger charge is 2.12. The number of aliphatic hydroxyl groups excluding tert-OH is 1. The van der Waals surface area contributed by atoms with E-state index in [0.29, 0.717) is 6.54 Å². The van der Waals surface area contributed by atoms with Crippen LogP contribution in [-0.4, -0.2) is 30.5 Å². The summed E-state index contributed by atoms with van der Waals surface area (Å²) in [5.41, 5.74) is 1.06. The number of hydrogen-bond donors (Lipinski definition) is 2. The second kappa shape index (κ2) is 6.78. The third-order valence-electron chi connectivity index (χ3n) is 2.56. The van der Waals surface area contributed by atoms with Crippen molar-refractivity contribution < 1.29 is 14.6 Å². The molecule has 0 bridgehead atoms. The molecule has 0 saturated heterocycles. The van der Waals surface area contributed by atoms with Gasteiger partial charge in [-0.2, -0.15) is 0 Å². The van der Waals surface area contributed by atoms with Crippen LogP contribution in [0.25, 0.3) is 0 Å². The molecular formula is C15H25NO3. The van der Waals surface area contributed by atoms with Crippen molar-refractivity contribution in [2.75, 3.05) is 13.7 Å². The molecule has 108 valence electrons. The minimum Gasteiger partial charge on any atom is -0.497 e. The fraction of sp³-hybridized carbons (Fsp3) is 0.600. The van der Waals surface area contributed by atoms with Crippen LogP contribution in [0.1, 0.15) is 33.3 Å². The first-order valence-electron chi connectivity index (χ1n) is 6.54. The molecule has 0 saturated carbocycles. The first-order chi connectivity index (χ1) is 8.81. The standard InChI is InChI=1S/C15H25NO3/c1-11(17)10-19-14-7-6-13(18-5)8-12(14)9-16-15(2,3)4/h6-8,11,16-17H,9-10H2,1-5H3. The highest BCUT2D eigenvalue weighted by Crippen LogP contribution is 2.25. The Hall–Kier alpha value is -1.26. The van der Waals surface area contributed by atoms with Gasteiger partial charge in [-0.3, -0.25) is 0 Å². The maximum absolute atomic E-state index is 9.30. The number of nitrogens with one attached hydrogen (secondary N) is 1. The summed E-state index contributed by atoms with van der Waals surface area (Å²) in [5, 5.41) is 12.7. The molecule has 0 radical (unpaired) electrons. The first-order valence-corrected chi connectivity index (χ1v) is 6.54. The number of hydrogen-bond acceptors (Lipinski definition) is 4. The molecule has 0 spiro atoms. The van der Waals surface area contributed by atoms with Crippen molar-refractivity contribution in [2.24, 2.45) is 0 Å². The molecule has 2 N–H and O–H groups in total. The van der Waals surface area contributed by atoms with Gasteiger partial charge in [0.1, 0.15) is 18.1 Å². The van der Waals surface area contributed by atoms with Gasteiger partial charge in [-0.05, 0) is 45.9 Å². The van der Waals surface area contributed by atoms with Gasteiger partial charge in [-0.25, -0.2) is 0 Å². The predicted octanol–water partition coefficient (Wildman–Crippen LogP) is 2.34. The molecular weight excluding hydrogens is 242 g/mol. The SMILES string of the molecule is COc1ccc(OCC(C)O)c(CNC(C)(C)C)c1. The van der Waals surface area contributed by atoms with Gasteiger partial charge in [0.05, 0.1) is 13.2 Å². The molecule has 1 rings (SSSR count). The Morgan fingerprint density at radius 2 is 2.00 bits per heavy atom. The number of rotatable bonds is 6. The molecule has 0 fully saturated rings. The summed E-state index contributed by atoms with van der Waals surface area (Å²) in [5.74, 6) is 1.58. The molecule has 1 aromatic carbocycles. The molecule has 0 aliphatic rings. The molecule has 0 aromatic heterocycles. The minimum absolute atomic E-state index is 0.0324. The van der Waals surface area contributed by atoms with Gasteiger partial charge in [0.2, 0.25) is 0 Å². The largest absolute Gasteiger partial charge is 0.497 e. The average Bonchev–Trinajstić information content (AvgIpc) is 2.33. The fourth-order valence-electron chi connectivity index (χ4n) is 1.53. The zero-order chi connectivity index (χ0) is 14.5. The van der Waals surface area contributed by atoms with Crippen LogP contribution in [0.3, 0.4) is 0 Å². The van der Waals surface area contributed by atoms with Gasteiger partial charge in [-0.1, -0.05) is 0 Å². The maximum Gasteiger partial charge on any atom is 0.124 e. The van der Waals surface area contributed by atoms with Crippen molar-refractivity contribution in [1.82, 2.24) is 5.32 Å². The summed E-state index contributed by atoms with van der Waals surface area (Å²) in [6.45, 7) is 9.03. The molecule has 0 heterocycles. The zero-order valence-corrected chi connectivity index (χ0v) is 12.5. The van der Waals surface area contributed by atoms with Gasteiger partial charge >= 0.3 is 0 Å². The predicted molar refractivity (Wildman–Crippen MR) is 76.8 cm³/mol. The fourth-order valence-corrected chi connectivity index (χ4v) is 1.53. The normalized spacial score (nSPS) is 13.2. The third kappa shape index (κ3) is 5.94. The zero-order valence-electron chi connectivity index (χ0n) is 12.5. The van der Waals surface area contributed by atoms with Crippen LogP contribution in [-0.2, 0) is 6.54 Å². The third-order valence-corrected chi connectivity index (χ3v) is 2.56. The van der Waals surface area contributed by atoms with Crippen LogP contribution in [0.2, 0.25) is 0 Å². The van der Waals surface area contributed by atoms with Crippen LogP contribution >= 0.6 is 0 Å². The molecule has 1 unspecified atom stereocenters. The van der Waals surface area contributed by atoms with E-state index >= 15 is 0 Å². The van der Waals surface area contributed by atoms with E-state index in [1.165, 1.54) is 0 Å². The Kier molecular flexibility index (Phi) is 5.63. The van der Waals surface area contributed by atoms with Crippen molar-refractivity contribution in [3.8, 4) is 11.5 Å². The van der Waals surface area contributed by atoms with Gasteiger partial charge < -0.3 is 19.9 Å². The topological polar surface area (TPSA) is 50.7 Å². The van der Waals surface area contributed by atoms with Gasteiger partial charge in [0.15, 0.2) is 0 Å². The van der Waals surface area contributed by atoms with Crippen LogP contribution in [0, 0.1) is 0 Å². The van der Waals surface area contributed by atoms with Gasteiger partial charge in [0, 0.05) is 17.6 Å². The molecule has 0 amide bonds. The molecule has 4 heteroatoms. The molecule has 19 heavy (non-hydrogen) atoms. The number of benzene rings is 1. The number of ether oxygens (including phenoxy) is 2. The summed E-state index contributed by atoms with van der Waals surface area (Å²) in [4.78, 5) is 0. The number of methoxy groups -OCH3 is 1. The maximum atomic E-state index is 9.30. The summed E-state index contributed by atoms with van der Waals surface area (Å²) < 4.78 is 10.9. The van der Waals surface area contributed by atoms with Gasteiger partial charge in [-0.15, -0.1) is 0 Å². The monoisotopic (exact) mass is 267 g/mol. The Bertz CT molecular complexity index is 397. The van der Waals surface area contributed by atoms with E-state index < -0.39 is 6.10 Å². The van der Waals surface area contributed by atoms with Crippen LogP contribution in [0.5, 0.6) is 11.5 Å². The molecule has 1 aromatic rings. The lowest BCUT2D eigenvalue weighted by Crippen LogP contribution is -2.35. The van der Waals surface area contributed by atoms with Crippen molar-refractivity contribution in [1.29, 1.82) is 0 Å². The van der Waals surface area contributed by atoms with E-state index in [2.05, 4.69) is 26.1 Å². The van der Waals surface area contributed by atoms with Crippen molar-refractivity contribution in [2.45, 2.75) is 45.9 Å². The van der Waals surface area contributed by atoms with Crippen molar-refractivity contribution in [3.63, 3.8) is 0 Å². The Morgan fingerprint density at radius 1 is 1.32 bits per heavy atom. The lowest BCUT2D eigenvalue weighted by molar-refractivity contribution is 0.122. The van der Waals surface area contributed by atoms with Crippen LogP contribution < -0.4 is 14.8 Å². The van der Waals surface area contributed by atoms with E-state index in [1.807, 2.05) is 18.2 Å². The van der Waals surface area contributed by atoms with E-state index in [1.54, 1.807) is 14.0 Å². The summed E-state index contributed by atoms with van der Waals surface area (Å²) in [6, 6.07) is 5.69. The Morgan fingerprint density at radius 3 is 2.53 bits per heavy atom. The molecule has 0 aliphatic carbocycles. The smallest absolute Gasteiger partial charge is 0.124 e. The van der Waals surface area contributed by atoms with E-state index in [9.17, 15) is 5.11 Å². The summed E-state index contributed by atoms with van der Waals surface area (Å²) >= 11 is 0. The van der Waals surface area contributed by atoms with E-state index in [0.717, 1.165) is 17.1 Å². The Balaban J connectivity index is 2.83. The highest BCUT2D eigenvalue weighted by molar-refractivity contribution is 5.40.